The first kappa shape index (κ1) is 17.7. The van der Waals surface area contributed by atoms with Crippen molar-refractivity contribution in [2.45, 2.75) is 19.5 Å². The van der Waals surface area contributed by atoms with Crippen molar-refractivity contribution in [3.63, 3.8) is 0 Å². The summed E-state index contributed by atoms with van der Waals surface area (Å²) in [4.78, 5) is 8.33. The number of aryl methyl sites for hydroxylation is 1. The fraction of sp³-hybridized carbons (Fsp3) is 0.158. The van der Waals surface area contributed by atoms with E-state index >= 15 is 0 Å². The van der Waals surface area contributed by atoms with E-state index in [-0.39, 0.29) is 5.69 Å². The van der Waals surface area contributed by atoms with E-state index in [1.807, 2.05) is 6.92 Å². The molecule has 140 valence electrons. The third-order valence-corrected chi connectivity index (χ3v) is 4.51. The second kappa shape index (κ2) is 6.49. The number of H-pyrrole nitrogens is 1. The lowest BCUT2D eigenvalue weighted by Crippen LogP contribution is -2.08. The topological polar surface area (TPSA) is 83.2 Å². The van der Waals surface area contributed by atoms with Gasteiger partial charge in [-0.3, -0.25) is 5.10 Å². The van der Waals surface area contributed by atoms with E-state index in [0.717, 1.165) is 12.1 Å². The molecular weight excluding hydrogens is 369 g/mol. The van der Waals surface area contributed by atoms with E-state index in [4.69, 9.17) is 0 Å². The van der Waals surface area contributed by atoms with Crippen molar-refractivity contribution >= 4 is 11.0 Å². The number of hydrogen-bond donors (Lipinski definition) is 1. The molecule has 0 spiro atoms. The van der Waals surface area contributed by atoms with Crippen molar-refractivity contribution in [1.29, 1.82) is 5.26 Å². The Kier molecular flexibility index (Phi) is 4.11. The first-order valence-electron chi connectivity index (χ1n) is 8.39. The van der Waals surface area contributed by atoms with Crippen LogP contribution in [0.2, 0.25) is 0 Å². The molecule has 0 unspecified atom stereocenters. The molecule has 6 nitrogen and oxygen atoms in total. The largest absolute Gasteiger partial charge is 0.416 e. The zero-order valence-electron chi connectivity index (χ0n) is 14.6. The molecule has 0 aliphatic rings. The van der Waals surface area contributed by atoms with E-state index in [9.17, 15) is 18.4 Å². The van der Waals surface area contributed by atoms with Crippen LogP contribution in [0.4, 0.5) is 13.2 Å². The van der Waals surface area contributed by atoms with Crippen molar-refractivity contribution in [3.05, 3.63) is 59.8 Å². The van der Waals surface area contributed by atoms with E-state index in [0.29, 0.717) is 40.0 Å². The molecule has 0 radical (unpaired) electrons. The molecule has 1 N–H and O–H groups in total. The highest BCUT2D eigenvalue weighted by Crippen LogP contribution is 2.34. The molecule has 0 amide bonds. The van der Waals surface area contributed by atoms with Gasteiger partial charge < -0.3 is 4.57 Å². The molecule has 4 aromatic rings. The second-order valence-electron chi connectivity index (χ2n) is 6.15. The van der Waals surface area contributed by atoms with Crippen molar-refractivity contribution in [3.8, 4) is 23.0 Å². The molecule has 0 bridgehead atoms. The average molecular weight is 382 g/mol. The number of halogens is 3. The molecule has 0 aliphatic heterocycles. The van der Waals surface area contributed by atoms with Crippen LogP contribution in [0.25, 0.3) is 28.0 Å². The number of benzene rings is 1. The Morgan fingerprint density at radius 3 is 2.75 bits per heavy atom. The van der Waals surface area contributed by atoms with Gasteiger partial charge in [-0.2, -0.15) is 23.5 Å². The summed E-state index contributed by atoms with van der Waals surface area (Å²) in [5.41, 5.74) is 2.12. The Hall–Kier alpha value is -3.67. The number of rotatable bonds is 3. The van der Waals surface area contributed by atoms with Gasteiger partial charge in [-0.15, -0.1) is 0 Å². The molecule has 0 saturated carbocycles. The van der Waals surface area contributed by atoms with Gasteiger partial charge >= 0.3 is 6.18 Å². The number of fused-ring (bicyclic) bond motifs is 1. The number of alkyl halides is 3. The summed E-state index contributed by atoms with van der Waals surface area (Å²) in [5, 5.41) is 16.9. The van der Waals surface area contributed by atoms with Gasteiger partial charge in [0.2, 0.25) is 0 Å². The van der Waals surface area contributed by atoms with Crippen LogP contribution >= 0.6 is 0 Å². The minimum absolute atomic E-state index is 0.208. The summed E-state index contributed by atoms with van der Waals surface area (Å²) in [5.74, 6) is 0. The van der Waals surface area contributed by atoms with Gasteiger partial charge in [0.05, 0.1) is 28.5 Å². The zero-order chi connectivity index (χ0) is 19.9. The van der Waals surface area contributed by atoms with E-state index in [1.54, 1.807) is 18.5 Å². The van der Waals surface area contributed by atoms with Crippen molar-refractivity contribution < 1.29 is 13.2 Å². The lowest BCUT2D eigenvalue weighted by Gasteiger charge is -2.14. The maximum atomic E-state index is 13.2. The Labute approximate surface area is 157 Å². The maximum absolute atomic E-state index is 13.2. The van der Waals surface area contributed by atoms with Gasteiger partial charge in [0.25, 0.3) is 0 Å². The van der Waals surface area contributed by atoms with Crippen LogP contribution in [0.1, 0.15) is 23.7 Å². The van der Waals surface area contributed by atoms with Gasteiger partial charge in [-0.1, -0.05) is 13.0 Å². The maximum Gasteiger partial charge on any atom is 0.416 e. The lowest BCUT2D eigenvalue weighted by atomic mass is 10.1. The molecule has 0 fully saturated rings. The quantitative estimate of drug-likeness (QED) is 0.574. The highest BCUT2D eigenvalue weighted by atomic mass is 19.4. The van der Waals surface area contributed by atoms with E-state index in [1.165, 1.54) is 17.0 Å². The molecule has 3 heterocycles. The number of nitrogens with zero attached hydrogens (tertiary/aromatic N) is 5. The van der Waals surface area contributed by atoms with Crippen LogP contribution in [-0.4, -0.2) is 24.7 Å². The molecule has 0 atom stereocenters. The van der Waals surface area contributed by atoms with Gasteiger partial charge in [-0.25, -0.2) is 9.97 Å². The SMILES string of the molecule is CCc1ccc(C(F)(F)F)cc1-n1cc(-c2ncnc3[nH]ncc23)cc1C#N. The fourth-order valence-corrected chi connectivity index (χ4v) is 3.14. The van der Waals surface area contributed by atoms with Gasteiger partial charge in [0.1, 0.15) is 18.1 Å². The van der Waals surface area contributed by atoms with E-state index in [2.05, 4.69) is 26.2 Å². The monoisotopic (exact) mass is 382 g/mol. The molecule has 28 heavy (non-hydrogen) atoms. The Morgan fingerprint density at radius 2 is 2.04 bits per heavy atom. The third-order valence-electron chi connectivity index (χ3n) is 4.51. The summed E-state index contributed by atoms with van der Waals surface area (Å²) >= 11 is 0. The predicted octanol–water partition coefficient (Wildman–Crippen LogP) is 4.26. The standard InChI is InChI=1S/C19H13F3N6/c1-2-11-3-4-13(19(20,21)22)6-16(11)28-9-12(5-14(28)7-23)17-15-8-26-27-18(15)25-10-24-17/h3-6,8-10H,2H2,1H3,(H,24,25,26,27). The molecule has 9 heteroatoms. The third kappa shape index (κ3) is 2.89. The molecule has 4 rings (SSSR count). The fourth-order valence-electron chi connectivity index (χ4n) is 3.14. The molecule has 1 aromatic carbocycles. The van der Waals surface area contributed by atoms with E-state index < -0.39 is 11.7 Å². The Morgan fingerprint density at radius 1 is 1.21 bits per heavy atom. The van der Waals surface area contributed by atoms with Crippen LogP contribution in [0.5, 0.6) is 0 Å². The number of aromatic nitrogens is 5. The molecule has 0 aliphatic carbocycles. The summed E-state index contributed by atoms with van der Waals surface area (Å²) < 4.78 is 41.1. The highest BCUT2D eigenvalue weighted by molar-refractivity contribution is 5.89. The van der Waals surface area contributed by atoms with Crippen LogP contribution in [-0.2, 0) is 12.6 Å². The summed E-state index contributed by atoms with van der Waals surface area (Å²) in [6, 6.07) is 7.20. The van der Waals surface area contributed by atoms with Crippen LogP contribution in [0.15, 0.2) is 43.0 Å². The smallest absolute Gasteiger partial charge is 0.307 e. The predicted molar refractivity (Wildman–Crippen MR) is 95.5 cm³/mol. The van der Waals surface area contributed by atoms with Crippen LogP contribution < -0.4 is 0 Å². The average Bonchev–Trinajstić information content (AvgIpc) is 3.33. The second-order valence-corrected chi connectivity index (χ2v) is 6.15. The lowest BCUT2D eigenvalue weighted by molar-refractivity contribution is -0.137. The highest BCUT2D eigenvalue weighted by Gasteiger charge is 2.31. The normalized spacial score (nSPS) is 11.7. The van der Waals surface area contributed by atoms with Crippen molar-refractivity contribution in [1.82, 2.24) is 24.7 Å². The molecule has 3 aromatic heterocycles. The first-order valence-corrected chi connectivity index (χ1v) is 8.39. The zero-order valence-corrected chi connectivity index (χ0v) is 14.6. The first-order chi connectivity index (χ1) is 13.4. The molecular formula is C19H13F3N6. The molecule has 0 saturated heterocycles. The Balaban J connectivity index is 1.93. The van der Waals surface area contributed by atoms with Gasteiger partial charge in [0.15, 0.2) is 5.65 Å². The summed E-state index contributed by atoms with van der Waals surface area (Å²) in [6.07, 6.45) is 0.587. The van der Waals surface area contributed by atoms with Crippen LogP contribution in [0.3, 0.4) is 0 Å². The number of nitriles is 1. The van der Waals surface area contributed by atoms with Crippen molar-refractivity contribution in [2.24, 2.45) is 0 Å². The minimum Gasteiger partial charge on any atom is -0.307 e. The van der Waals surface area contributed by atoms with Gasteiger partial charge in [0, 0.05) is 11.8 Å². The minimum atomic E-state index is -4.47. The van der Waals surface area contributed by atoms with Gasteiger partial charge in [-0.05, 0) is 30.2 Å². The number of hydrogen-bond acceptors (Lipinski definition) is 4. The summed E-state index contributed by atoms with van der Waals surface area (Å²) in [7, 11) is 0. The van der Waals surface area contributed by atoms with Crippen LogP contribution in [0, 0.1) is 11.3 Å². The number of aromatic amines is 1. The Bertz CT molecular complexity index is 1210. The summed E-state index contributed by atoms with van der Waals surface area (Å²) in [6.45, 7) is 1.85. The van der Waals surface area contributed by atoms with Crippen molar-refractivity contribution in [2.75, 3.05) is 0 Å². The number of nitrogens with one attached hydrogen (secondary N) is 1.